The van der Waals surface area contributed by atoms with Crippen molar-refractivity contribution < 1.29 is 47.8 Å². The fourth-order valence-corrected chi connectivity index (χ4v) is 1.80. The van der Waals surface area contributed by atoms with E-state index in [-0.39, 0.29) is 13.2 Å². The number of aliphatic hydroxyl groups excluding tert-OH is 1. The van der Waals surface area contributed by atoms with Crippen LogP contribution in [0.1, 0.15) is 6.92 Å². The summed E-state index contributed by atoms with van der Waals surface area (Å²) in [5.74, 6) is -0.411. The quantitative estimate of drug-likeness (QED) is 0.128. The molecule has 0 aliphatic carbocycles. The Labute approximate surface area is 179 Å². The van der Waals surface area contributed by atoms with Gasteiger partial charge >= 0.3 is 5.97 Å². The minimum atomic E-state index is -0.411. The summed E-state index contributed by atoms with van der Waals surface area (Å²) in [6.45, 7) is 11.7. The van der Waals surface area contributed by atoms with Crippen LogP contribution >= 0.6 is 0 Å². The molecule has 178 valence electrons. The number of hydrogen-bond donors (Lipinski definition) is 1. The van der Waals surface area contributed by atoms with Crippen molar-refractivity contribution in [2.45, 2.75) is 6.92 Å². The second kappa shape index (κ2) is 24.2. The van der Waals surface area contributed by atoms with Crippen molar-refractivity contribution in [2.24, 2.45) is 0 Å². The highest BCUT2D eigenvalue weighted by molar-refractivity contribution is 5.86. The molecule has 0 radical (unpaired) electrons. The molecule has 10 heteroatoms. The molecule has 0 aliphatic heterocycles. The van der Waals surface area contributed by atoms with Crippen LogP contribution in [0.2, 0.25) is 0 Å². The highest BCUT2D eigenvalue weighted by Gasteiger charge is 2.01. The lowest BCUT2D eigenvalue weighted by Crippen LogP contribution is -2.15. The van der Waals surface area contributed by atoms with Crippen molar-refractivity contribution in [1.82, 2.24) is 0 Å². The molecule has 10 nitrogen and oxygen atoms in total. The number of hydrogen-bond acceptors (Lipinski definition) is 10. The molecule has 0 atom stereocenters. The molecule has 0 aromatic rings. The van der Waals surface area contributed by atoms with Gasteiger partial charge in [0.25, 0.3) is 0 Å². The first-order valence-corrected chi connectivity index (χ1v) is 10.2. The van der Waals surface area contributed by atoms with Gasteiger partial charge in [-0.25, -0.2) is 4.79 Å². The van der Waals surface area contributed by atoms with Gasteiger partial charge in [-0.15, -0.1) is 0 Å². The van der Waals surface area contributed by atoms with E-state index in [0.29, 0.717) is 98.1 Å². The van der Waals surface area contributed by atoms with E-state index in [0.717, 1.165) is 0 Å². The monoisotopic (exact) mass is 438 g/mol. The maximum Gasteiger partial charge on any atom is 0.333 e. The Balaban J connectivity index is 3.05. The smallest absolute Gasteiger partial charge is 0.333 e. The molecule has 0 heterocycles. The molecule has 0 aromatic carbocycles. The van der Waals surface area contributed by atoms with E-state index in [1.54, 1.807) is 6.92 Å². The minimum absolute atomic E-state index is 0.0242. The predicted octanol–water partition coefficient (Wildman–Crippen LogP) is 0.214. The first-order chi connectivity index (χ1) is 14.7. The minimum Gasteiger partial charge on any atom is -0.460 e. The Kier molecular flexibility index (Phi) is 23.3. The average Bonchev–Trinajstić information content (AvgIpc) is 2.74. The summed E-state index contributed by atoms with van der Waals surface area (Å²) in [7, 11) is 0. The number of esters is 1. The second-order valence-electron chi connectivity index (χ2n) is 5.93. The van der Waals surface area contributed by atoms with E-state index in [1.165, 1.54) is 0 Å². The zero-order valence-corrected chi connectivity index (χ0v) is 18.1. The first-order valence-electron chi connectivity index (χ1n) is 10.2. The molecular weight excluding hydrogens is 400 g/mol. The van der Waals surface area contributed by atoms with Gasteiger partial charge in [-0.05, 0) is 6.92 Å². The summed E-state index contributed by atoms with van der Waals surface area (Å²) in [5.41, 5.74) is 0.372. The largest absolute Gasteiger partial charge is 0.460 e. The topological polar surface area (TPSA) is 111 Å². The van der Waals surface area contributed by atoms with Gasteiger partial charge in [0.1, 0.15) is 6.61 Å². The SMILES string of the molecule is C=C(C)C(=O)OCCOCCOCCOCCOCCOCCOCCOCCO. The molecular formula is C20H38O10. The van der Waals surface area contributed by atoms with E-state index in [2.05, 4.69) is 6.58 Å². The molecule has 0 saturated heterocycles. The standard InChI is InChI=1S/C20H38O10/c1-19(2)20(22)30-18-17-29-16-15-28-14-13-27-12-11-26-10-9-25-8-7-24-6-5-23-4-3-21/h21H,1,3-18H2,2H3. The lowest BCUT2D eigenvalue weighted by atomic mass is 10.4. The van der Waals surface area contributed by atoms with Crippen LogP contribution < -0.4 is 0 Å². The molecule has 0 spiro atoms. The molecule has 0 aliphatic rings. The van der Waals surface area contributed by atoms with Gasteiger partial charge in [0.15, 0.2) is 0 Å². The van der Waals surface area contributed by atoms with Crippen LogP contribution in [-0.4, -0.2) is 117 Å². The van der Waals surface area contributed by atoms with Crippen LogP contribution in [0, 0.1) is 0 Å². The van der Waals surface area contributed by atoms with Gasteiger partial charge in [-0.2, -0.15) is 0 Å². The number of ether oxygens (including phenoxy) is 8. The number of aliphatic hydroxyl groups is 1. The third kappa shape index (κ3) is 23.2. The number of carbonyl (C=O) groups is 1. The third-order valence-electron chi connectivity index (χ3n) is 3.28. The Morgan fingerprint density at radius 2 is 0.833 bits per heavy atom. The summed E-state index contributed by atoms with van der Waals surface area (Å²) in [6.07, 6.45) is 0. The fourth-order valence-electron chi connectivity index (χ4n) is 1.80. The van der Waals surface area contributed by atoms with Crippen LogP contribution in [0.4, 0.5) is 0 Å². The summed E-state index contributed by atoms with van der Waals surface area (Å²) in [5, 5.41) is 8.53. The van der Waals surface area contributed by atoms with E-state index in [1.807, 2.05) is 0 Å². The Bertz CT molecular complexity index is 392. The molecule has 30 heavy (non-hydrogen) atoms. The van der Waals surface area contributed by atoms with Crippen molar-refractivity contribution in [2.75, 3.05) is 106 Å². The summed E-state index contributed by atoms with van der Waals surface area (Å²) in [6, 6.07) is 0. The van der Waals surface area contributed by atoms with Crippen molar-refractivity contribution in [3.63, 3.8) is 0 Å². The van der Waals surface area contributed by atoms with Crippen molar-refractivity contribution in [1.29, 1.82) is 0 Å². The Morgan fingerprint density at radius 3 is 1.10 bits per heavy atom. The van der Waals surface area contributed by atoms with Crippen molar-refractivity contribution in [3.05, 3.63) is 12.2 Å². The highest BCUT2D eigenvalue weighted by atomic mass is 16.6. The highest BCUT2D eigenvalue weighted by Crippen LogP contribution is 1.91. The van der Waals surface area contributed by atoms with Gasteiger partial charge in [0.2, 0.25) is 0 Å². The predicted molar refractivity (Wildman–Crippen MR) is 109 cm³/mol. The van der Waals surface area contributed by atoms with Crippen molar-refractivity contribution in [3.8, 4) is 0 Å². The fraction of sp³-hybridized carbons (Fsp3) is 0.850. The second-order valence-corrected chi connectivity index (χ2v) is 5.93. The third-order valence-corrected chi connectivity index (χ3v) is 3.28. The summed E-state index contributed by atoms with van der Waals surface area (Å²) < 4.78 is 42.0. The van der Waals surface area contributed by atoms with E-state index >= 15 is 0 Å². The van der Waals surface area contributed by atoms with Crippen molar-refractivity contribution >= 4 is 5.97 Å². The number of rotatable bonds is 24. The van der Waals surface area contributed by atoms with Gasteiger partial charge in [0, 0.05) is 5.57 Å². The van der Waals surface area contributed by atoms with Gasteiger partial charge in [-0.1, -0.05) is 6.58 Å². The zero-order valence-electron chi connectivity index (χ0n) is 18.1. The Hall–Kier alpha value is -1.11. The van der Waals surface area contributed by atoms with Gasteiger partial charge in [-0.3, -0.25) is 0 Å². The normalized spacial score (nSPS) is 11.0. The van der Waals surface area contributed by atoms with E-state index in [4.69, 9.17) is 43.0 Å². The van der Waals surface area contributed by atoms with Gasteiger partial charge in [0.05, 0.1) is 99.1 Å². The molecule has 1 N–H and O–H groups in total. The van der Waals surface area contributed by atoms with Gasteiger partial charge < -0.3 is 43.0 Å². The van der Waals surface area contributed by atoms with E-state index in [9.17, 15) is 4.79 Å². The van der Waals surface area contributed by atoms with Crippen LogP contribution in [0.5, 0.6) is 0 Å². The van der Waals surface area contributed by atoms with E-state index < -0.39 is 5.97 Å². The van der Waals surface area contributed by atoms with Crippen LogP contribution in [0.15, 0.2) is 12.2 Å². The molecule has 0 unspecified atom stereocenters. The molecule has 0 bridgehead atoms. The first kappa shape index (κ1) is 28.9. The average molecular weight is 439 g/mol. The van der Waals surface area contributed by atoms with Crippen LogP contribution in [0.25, 0.3) is 0 Å². The molecule has 0 amide bonds. The maximum atomic E-state index is 11.1. The molecule has 0 rings (SSSR count). The Morgan fingerprint density at radius 1 is 0.567 bits per heavy atom. The molecule has 0 aromatic heterocycles. The summed E-state index contributed by atoms with van der Waals surface area (Å²) in [4.78, 5) is 11.1. The number of carbonyl (C=O) groups excluding carboxylic acids is 1. The lowest BCUT2D eigenvalue weighted by Gasteiger charge is -2.08. The maximum absolute atomic E-state index is 11.1. The lowest BCUT2D eigenvalue weighted by molar-refractivity contribution is -0.140. The van der Waals surface area contributed by atoms with Crippen LogP contribution in [0.3, 0.4) is 0 Å². The van der Waals surface area contributed by atoms with Crippen LogP contribution in [-0.2, 0) is 42.7 Å². The summed E-state index contributed by atoms with van der Waals surface area (Å²) >= 11 is 0. The molecule has 0 fully saturated rings. The zero-order chi connectivity index (χ0) is 22.1. The molecule has 0 saturated carbocycles.